The predicted octanol–water partition coefficient (Wildman–Crippen LogP) is 3.88. The van der Waals surface area contributed by atoms with Gasteiger partial charge in [0.15, 0.2) is 0 Å². The number of aromatic nitrogens is 1. The molecule has 0 unspecified atom stereocenters. The molecule has 0 saturated heterocycles. The van der Waals surface area contributed by atoms with E-state index in [2.05, 4.69) is 26.2 Å². The fourth-order valence-electron chi connectivity index (χ4n) is 1.40. The smallest absolute Gasteiger partial charge is 0.255 e. The Balaban J connectivity index is 2.09. The largest absolute Gasteiger partial charge is 0.321 e. The predicted molar refractivity (Wildman–Crippen MR) is 76.3 cm³/mol. The molecule has 1 N–H and O–H groups in total. The summed E-state index contributed by atoms with van der Waals surface area (Å²) < 4.78 is 0. The van der Waals surface area contributed by atoms with Gasteiger partial charge in [-0.2, -0.15) is 0 Å². The standard InChI is InChI=1S/C13H10BrClN2O/c14-7-9-1-3-10(4-2-9)13(18)17-11-5-6-12(15)16-8-11/h1-6,8H,7H2,(H,17,18). The minimum Gasteiger partial charge on any atom is -0.321 e. The minimum atomic E-state index is -0.166. The lowest BCUT2D eigenvalue weighted by Gasteiger charge is -2.05. The summed E-state index contributed by atoms with van der Waals surface area (Å²) in [6.45, 7) is 0. The van der Waals surface area contributed by atoms with Crippen molar-refractivity contribution in [3.8, 4) is 0 Å². The maximum Gasteiger partial charge on any atom is 0.255 e. The highest BCUT2D eigenvalue weighted by atomic mass is 79.9. The third kappa shape index (κ3) is 3.31. The lowest BCUT2D eigenvalue weighted by Crippen LogP contribution is -2.11. The van der Waals surface area contributed by atoms with Crippen LogP contribution in [0.5, 0.6) is 0 Å². The molecular formula is C13H10BrClN2O. The van der Waals surface area contributed by atoms with Crippen LogP contribution in [0.15, 0.2) is 42.6 Å². The van der Waals surface area contributed by atoms with E-state index in [1.54, 1.807) is 24.3 Å². The quantitative estimate of drug-likeness (QED) is 0.687. The summed E-state index contributed by atoms with van der Waals surface area (Å²) in [5, 5.41) is 3.92. The first-order valence-corrected chi connectivity index (χ1v) is 6.77. The van der Waals surface area contributed by atoms with E-state index in [1.807, 2.05) is 12.1 Å². The van der Waals surface area contributed by atoms with E-state index in [-0.39, 0.29) is 5.91 Å². The molecule has 1 amide bonds. The zero-order chi connectivity index (χ0) is 13.0. The number of halogens is 2. The van der Waals surface area contributed by atoms with E-state index in [1.165, 1.54) is 6.20 Å². The maximum absolute atomic E-state index is 11.9. The van der Waals surface area contributed by atoms with E-state index >= 15 is 0 Å². The van der Waals surface area contributed by atoms with Crippen LogP contribution in [0.4, 0.5) is 5.69 Å². The molecule has 1 heterocycles. The lowest BCUT2D eigenvalue weighted by atomic mass is 10.1. The first-order chi connectivity index (χ1) is 8.69. The van der Waals surface area contributed by atoms with Crippen molar-refractivity contribution in [1.29, 1.82) is 0 Å². The average molecular weight is 326 g/mol. The molecule has 0 aliphatic carbocycles. The molecule has 0 aliphatic heterocycles. The van der Waals surface area contributed by atoms with Gasteiger partial charge in [0.25, 0.3) is 5.91 Å². The molecule has 0 fully saturated rings. The summed E-state index contributed by atoms with van der Waals surface area (Å²) in [4.78, 5) is 15.8. The third-order valence-corrected chi connectivity index (χ3v) is 3.23. The Morgan fingerprint density at radius 3 is 2.50 bits per heavy atom. The second-order valence-electron chi connectivity index (χ2n) is 3.65. The van der Waals surface area contributed by atoms with Crippen LogP contribution in [-0.2, 0) is 5.33 Å². The second-order valence-corrected chi connectivity index (χ2v) is 4.60. The van der Waals surface area contributed by atoms with Crippen molar-refractivity contribution in [2.75, 3.05) is 5.32 Å². The number of pyridine rings is 1. The molecule has 92 valence electrons. The van der Waals surface area contributed by atoms with Crippen molar-refractivity contribution in [1.82, 2.24) is 4.98 Å². The van der Waals surface area contributed by atoms with Gasteiger partial charge in [0.2, 0.25) is 0 Å². The molecule has 0 saturated carbocycles. The Morgan fingerprint density at radius 1 is 1.22 bits per heavy atom. The number of carbonyl (C=O) groups is 1. The van der Waals surface area contributed by atoms with Crippen LogP contribution in [0.1, 0.15) is 15.9 Å². The van der Waals surface area contributed by atoms with E-state index in [4.69, 9.17) is 11.6 Å². The summed E-state index contributed by atoms with van der Waals surface area (Å²) in [5.74, 6) is -0.166. The normalized spacial score (nSPS) is 10.1. The van der Waals surface area contributed by atoms with Crippen molar-refractivity contribution in [2.24, 2.45) is 0 Å². The molecule has 0 radical (unpaired) electrons. The van der Waals surface area contributed by atoms with Gasteiger partial charge >= 0.3 is 0 Å². The van der Waals surface area contributed by atoms with Gasteiger partial charge in [-0.3, -0.25) is 4.79 Å². The Labute approximate surface area is 118 Å². The van der Waals surface area contributed by atoms with Crippen LogP contribution >= 0.6 is 27.5 Å². The third-order valence-electron chi connectivity index (χ3n) is 2.36. The summed E-state index contributed by atoms with van der Waals surface area (Å²) in [7, 11) is 0. The molecule has 2 rings (SSSR count). The van der Waals surface area contributed by atoms with E-state index in [0.29, 0.717) is 16.4 Å². The van der Waals surface area contributed by atoms with Crippen molar-refractivity contribution >= 4 is 39.1 Å². The van der Waals surface area contributed by atoms with Crippen molar-refractivity contribution < 1.29 is 4.79 Å². The summed E-state index contributed by atoms with van der Waals surface area (Å²) in [5.41, 5.74) is 2.35. The second kappa shape index (κ2) is 5.98. The summed E-state index contributed by atoms with van der Waals surface area (Å²) in [6.07, 6.45) is 1.52. The van der Waals surface area contributed by atoms with Crippen LogP contribution in [0.2, 0.25) is 5.15 Å². The van der Waals surface area contributed by atoms with Crippen molar-refractivity contribution in [3.63, 3.8) is 0 Å². The summed E-state index contributed by atoms with van der Waals surface area (Å²) >= 11 is 9.03. The molecule has 0 atom stereocenters. The molecule has 0 aliphatic rings. The Bertz CT molecular complexity index is 540. The van der Waals surface area contributed by atoms with Gasteiger partial charge in [0, 0.05) is 10.9 Å². The highest BCUT2D eigenvalue weighted by Gasteiger charge is 2.05. The molecule has 2 aromatic rings. The number of carbonyl (C=O) groups excluding carboxylic acids is 1. The molecule has 3 nitrogen and oxygen atoms in total. The number of nitrogens with zero attached hydrogens (tertiary/aromatic N) is 1. The van der Waals surface area contributed by atoms with Gasteiger partial charge in [0.1, 0.15) is 5.15 Å². The Morgan fingerprint density at radius 2 is 1.94 bits per heavy atom. The number of anilines is 1. The first-order valence-electron chi connectivity index (χ1n) is 5.27. The zero-order valence-electron chi connectivity index (χ0n) is 9.36. The van der Waals surface area contributed by atoms with Crippen LogP contribution < -0.4 is 5.32 Å². The highest BCUT2D eigenvalue weighted by Crippen LogP contribution is 2.12. The number of amides is 1. The number of hydrogen-bond donors (Lipinski definition) is 1. The number of alkyl halides is 1. The molecule has 0 spiro atoms. The highest BCUT2D eigenvalue weighted by molar-refractivity contribution is 9.08. The topological polar surface area (TPSA) is 42.0 Å². The first kappa shape index (κ1) is 13.1. The monoisotopic (exact) mass is 324 g/mol. The number of nitrogens with one attached hydrogen (secondary N) is 1. The molecular weight excluding hydrogens is 316 g/mol. The molecule has 5 heteroatoms. The number of benzene rings is 1. The Kier molecular flexibility index (Phi) is 4.33. The number of rotatable bonds is 3. The van der Waals surface area contributed by atoms with Crippen LogP contribution in [0.25, 0.3) is 0 Å². The van der Waals surface area contributed by atoms with Gasteiger partial charge in [-0.05, 0) is 29.8 Å². The van der Waals surface area contributed by atoms with Crippen LogP contribution in [-0.4, -0.2) is 10.9 Å². The number of hydrogen-bond acceptors (Lipinski definition) is 2. The molecule has 18 heavy (non-hydrogen) atoms. The maximum atomic E-state index is 11.9. The molecule has 1 aromatic carbocycles. The molecule has 0 bridgehead atoms. The van der Waals surface area contributed by atoms with Gasteiger partial charge in [-0.1, -0.05) is 39.7 Å². The lowest BCUT2D eigenvalue weighted by molar-refractivity contribution is 0.102. The van der Waals surface area contributed by atoms with E-state index < -0.39 is 0 Å². The van der Waals surface area contributed by atoms with Gasteiger partial charge in [-0.15, -0.1) is 0 Å². The van der Waals surface area contributed by atoms with Crippen molar-refractivity contribution in [2.45, 2.75) is 5.33 Å². The fraction of sp³-hybridized carbons (Fsp3) is 0.0769. The zero-order valence-corrected chi connectivity index (χ0v) is 11.7. The van der Waals surface area contributed by atoms with E-state index in [9.17, 15) is 4.79 Å². The van der Waals surface area contributed by atoms with Crippen molar-refractivity contribution in [3.05, 3.63) is 58.9 Å². The van der Waals surface area contributed by atoms with Gasteiger partial charge in [0.05, 0.1) is 11.9 Å². The van der Waals surface area contributed by atoms with Crippen LogP contribution in [0.3, 0.4) is 0 Å². The van der Waals surface area contributed by atoms with Gasteiger partial charge in [-0.25, -0.2) is 4.98 Å². The SMILES string of the molecule is O=C(Nc1ccc(Cl)nc1)c1ccc(CBr)cc1. The average Bonchev–Trinajstić information content (AvgIpc) is 2.41. The Hall–Kier alpha value is -1.39. The minimum absolute atomic E-state index is 0.166. The van der Waals surface area contributed by atoms with E-state index in [0.717, 1.165) is 10.9 Å². The molecule has 1 aromatic heterocycles. The van der Waals surface area contributed by atoms with Crippen LogP contribution in [0, 0.1) is 0 Å². The fourth-order valence-corrected chi connectivity index (χ4v) is 1.88. The summed E-state index contributed by atoms with van der Waals surface area (Å²) in [6, 6.07) is 10.7. The van der Waals surface area contributed by atoms with Gasteiger partial charge < -0.3 is 5.32 Å².